The van der Waals surface area contributed by atoms with Gasteiger partial charge in [0.1, 0.15) is 0 Å². The van der Waals surface area contributed by atoms with Crippen molar-refractivity contribution in [2.75, 3.05) is 26.7 Å². The van der Waals surface area contributed by atoms with Gasteiger partial charge in [0.2, 0.25) is 0 Å². The maximum atomic E-state index is 12.1. The molecule has 0 atom stereocenters. The third-order valence-corrected chi connectivity index (χ3v) is 3.98. The van der Waals surface area contributed by atoms with E-state index in [2.05, 4.69) is 17.3 Å². The highest BCUT2D eigenvalue weighted by atomic mass is 16.5. The lowest BCUT2D eigenvalue weighted by Gasteiger charge is -2.41. The summed E-state index contributed by atoms with van der Waals surface area (Å²) in [7, 11) is 2.06. The first-order chi connectivity index (χ1) is 10.1. The van der Waals surface area contributed by atoms with Gasteiger partial charge >= 0.3 is 11.9 Å². The van der Waals surface area contributed by atoms with Crippen molar-refractivity contribution in [3.63, 3.8) is 0 Å². The van der Waals surface area contributed by atoms with Crippen LogP contribution in [0.25, 0.3) is 0 Å². The zero-order valence-corrected chi connectivity index (χ0v) is 12.6. The number of amides is 1. The Hall–Kier alpha value is -1.88. The Morgan fingerprint density at radius 2 is 1.86 bits per heavy atom. The highest BCUT2D eigenvalue weighted by molar-refractivity contribution is 6.32. The largest absolute Gasteiger partial charge is 0.459 e. The van der Waals surface area contributed by atoms with Crippen molar-refractivity contribution < 1.29 is 14.3 Å². The lowest BCUT2D eigenvalue weighted by molar-refractivity contribution is -0.155. The minimum Gasteiger partial charge on any atom is -0.459 e. The number of hydrogen-bond donors (Lipinski definition) is 1. The topological polar surface area (TPSA) is 58.6 Å². The Morgan fingerprint density at radius 3 is 2.43 bits per heavy atom. The molecule has 0 unspecified atom stereocenters. The zero-order valence-electron chi connectivity index (χ0n) is 12.6. The molecule has 1 aliphatic heterocycles. The molecule has 0 aromatic heterocycles. The predicted octanol–water partition coefficient (Wildman–Crippen LogP) is 1.29. The number of carbonyl (C=O) groups is 2. The molecule has 114 valence electrons. The van der Waals surface area contributed by atoms with Crippen LogP contribution in [0.1, 0.15) is 25.3 Å². The van der Waals surface area contributed by atoms with Crippen molar-refractivity contribution in [3.05, 3.63) is 35.9 Å². The van der Waals surface area contributed by atoms with Gasteiger partial charge in [-0.25, -0.2) is 4.79 Å². The second kappa shape index (κ2) is 6.72. The number of nitrogens with zero attached hydrogens (tertiary/aromatic N) is 1. The molecule has 1 aliphatic rings. The fourth-order valence-corrected chi connectivity index (χ4v) is 2.71. The van der Waals surface area contributed by atoms with E-state index in [4.69, 9.17) is 4.74 Å². The van der Waals surface area contributed by atoms with Crippen LogP contribution in [0.5, 0.6) is 0 Å². The lowest BCUT2D eigenvalue weighted by atomic mass is 9.81. The molecule has 1 fully saturated rings. The molecule has 5 nitrogen and oxygen atoms in total. The summed E-state index contributed by atoms with van der Waals surface area (Å²) in [6.45, 7) is 3.64. The van der Waals surface area contributed by atoms with E-state index in [1.807, 2.05) is 30.3 Å². The summed E-state index contributed by atoms with van der Waals surface area (Å²) >= 11 is 0. The fraction of sp³-hybridized carbons (Fsp3) is 0.500. The Kier molecular flexibility index (Phi) is 4.96. The van der Waals surface area contributed by atoms with Crippen LogP contribution in [0.4, 0.5) is 0 Å². The normalized spacial score (nSPS) is 18.0. The van der Waals surface area contributed by atoms with Gasteiger partial charge in [-0.05, 0) is 32.4 Å². The standard InChI is InChI=1S/C16H22N2O3/c1-3-21-15(20)14(19)17-16(9-11-18(2)12-10-16)13-7-5-4-6-8-13/h4-8H,3,9-12H2,1-2H3,(H,17,19). The van der Waals surface area contributed by atoms with Gasteiger partial charge in [0, 0.05) is 13.1 Å². The van der Waals surface area contributed by atoms with Gasteiger partial charge in [0.25, 0.3) is 0 Å². The van der Waals surface area contributed by atoms with Crippen LogP contribution in [0.2, 0.25) is 0 Å². The second-order valence-corrected chi connectivity index (χ2v) is 5.43. The highest BCUT2D eigenvalue weighted by Crippen LogP contribution is 2.32. The molecule has 0 spiro atoms. The molecule has 1 heterocycles. The Balaban J connectivity index is 2.21. The fourth-order valence-electron chi connectivity index (χ4n) is 2.71. The summed E-state index contributed by atoms with van der Waals surface area (Å²) in [5.74, 6) is -1.48. The van der Waals surface area contributed by atoms with Crippen molar-refractivity contribution in [2.45, 2.75) is 25.3 Å². The summed E-state index contributed by atoms with van der Waals surface area (Å²) in [6, 6.07) is 9.84. The number of likely N-dealkylation sites (tertiary alicyclic amines) is 1. The predicted molar refractivity (Wildman–Crippen MR) is 79.6 cm³/mol. The Labute approximate surface area is 125 Å². The quantitative estimate of drug-likeness (QED) is 0.673. The van der Waals surface area contributed by atoms with Gasteiger partial charge < -0.3 is 15.0 Å². The molecule has 1 amide bonds. The maximum absolute atomic E-state index is 12.1. The highest BCUT2D eigenvalue weighted by Gasteiger charge is 2.38. The molecule has 5 heteroatoms. The molecule has 0 saturated carbocycles. The number of ether oxygens (including phenoxy) is 1. The van der Waals surface area contributed by atoms with Gasteiger partial charge in [-0.2, -0.15) is 0 Å². The van der Waals surface area contributed by atoms with E-state index in [9.17, 15) is 9.59 Å². The number of hydrogen-bond acceptors (Lipinski definition) is 4. The Morgan fingerprint density at radius 1 is 1.24 bits per heavy atom. The van der Waals surface area contributed by atoms with Crippen LogP contribution in [0.3, 0.4) is 0 Å². The first-order valence-electron chi connectivity index (χ1n) is 7.31. The van der Waals surface area contributed by atoms with Crippen LogP contribution in [-0.4, -0.2) is 43.5 Å². The number of nitrogens with one attached hydrogen (secondary N) is 1. The summed E-state index contributed by atoms with van der Waals surface area (Å²) in [6.07, 6.45) is 1.55. The zero-order chi connectivity index (χ0) is 15.3. The molecule has 1 aromatic carbocycles. The Bertz CT molecular complexity index is 494. The number of carbonyl (C=O) groups excluding carboxylic acids is 2. The van der Waals surface area contributed by atoms with Crippen LogP contribution >= 0.6 is 0 Å². The number of esters is 1. The maximum Gasteiger partial charge on any atom is 0.396 e. The van der Waals surface area contributed by atoms with Gasteiger partial charge in [-0.3, -0.25) is 4.79 Å². The van der Waals surface area contributed by atoms with E-state index in [1.165, 1.54) is 0 Å². The molecular weight excluding hydrogens is 268 g/mol. The van der Waals surface area contributed by atoms with Crippen molar-refractivity contribution >= 4 is 11.9 Å². The molecule has 1 N–H and O–H groups in total. The molecule has 1 aromatic rings. The third kappa shape index (κ3) is 3.61. The van der Waals surface area contributed by atoms with E-state index in [0.29, 0.717) is 0 Å². The van der Waals surface area contributed by atoms with Crippen molar-refractivity contribution in [1.82, 2.24) is 10.2 Å². The molecule has 0 bridgehead atoms. The number of benzene rings is 1. The summed E-state index contributed by atoms with van der Waals surface area (Å²) < 4.78 is 4.79. The van der Waals surface area contributed by atoms with Crippen LogP contribution in [0.15, 0.2) is 30.3 Å². The smallest absolute Gasteiger partial charge is 0.396 e. The molecular formula is C16H22N2O3. The minimum absolute atomic E-state index is 0.202. The third-order valence-electron chi connectivity index (χ3n) is 3.98. The summed E-state index contributed by atoms with van der Waals surface area (Å²) in [5.41, 5.74) is 0.549. The lowest BCUT2D eigenvalue weighted by Crippen LogP contribution is -2.54. The van der Waals surface area contributed by atoms with Crippen LogP contribution < -0.4 is 5.32 Å². The van der Waals surface area contributed by atoms with E-state index in [1.54, 1.807) is 6.92 Å². The second-order valence-electron chi connectivity index (χ2n) is 5.43. The van der Waals surface area contributed by atoms with Crippen molar-refractivity contribution in [2.24, 2.45) is 0 Å². The average molecular weight is 290 g/mol. The van der Waals surface area contributed by atoms with E-state index in [-0.39, 0.29) is 6.61 Å². The molecule has 0 radical (unpaired) electrons. The van der Waals surface area contributed by atoms with Crippen LogP contribution in [-0.2, 0) is 19.9 Å². The first kappa shape index (κ1) is 15.5. The van der Waals surface area contributed by atoms with Gasteiger partial charge in [-0.15, -0.1) is 0 Å². The van der Waals surface area contributed by atoms with Crippen molar-refractivity contribution in [1.29, 1.82) is 0 Å². The van der Waals surface area contributed by atoms with Gasteiger partial charge in [0.15, 0.2) is 0 Å². The first-order valence-corrected chi connectivity index (χ1v) is 7.31. The molecule has 2 rings (SSSR count). The van der Waals surface area contributed by atoms with Gasteiger partial charge in [0.05, 0.1) is 12.1 Å². The van der Waals surface area contributed by atoms with Crippen LogP contribution in [0, 0.1) is 0 Å². The van der Waals surface area contributed by atoms with E-state index >= 15 is 0 Å². The molecule has 1 saturated heterocycles. The van der Waals surface area contributed by atoms with Crippen molar-refractivity contribution in [3.8, 4) is 0 Å². The van der Waals surface area contributed by atoms with E-state index in [0.717, 1.165) is 31.5 Å². The molecule has 21 heavy (non-hydrogen) atoms. The number of rotatable bonds is 3. The summed E-state index contributed by atoms with van der Waals surface area (Å²) in [4.78, 5) is 25.9. The molecule has 0 aliphatic carbocycles. The van der Waals surface area contributed by atoms with Gasteiger partial charge in [-0.1, -0.05) is 30.3 Å². The monoisotopic (exact) mass is 290 g/mol. The average Bonchev–Trinajstić information content (AvgIpc) is 2.51. The summed E-state index contributed by atoms with van der Waals surface area (Å²) in [5, 5.41) is 2.91. The SMILES string of the molecule is CCOC(=O)C(=O)NC1(c2ccccc2)CCN(C)CC1. The number of piperidine rings is 1. The minimum atomic E-state index is -0.813. The van der Waals surface area contributed by atoms with E-state index < -0.39 is 17.4 Å².